The standard InChI is InChI=1S/C81H155NO5/c1-3-5-7-9-11-13-15-17-18-19-20-21-22-31-34-37-40-43-46-50-53-57-61-65-69-73-79(84)78(77-83)82-80(85)74-70-66-62-58-54-51-47-44-41-38-35-32-29-27-25-23-24-26-28-30-33-36-39-42-45-48-52-56-60-64-68-72-76-87-81(86)75-71-67-63-59-55-49-16-14-12-10-8-6-4-2/h14,16,26,28,69,73,78-79,83-84H,3-13,15,17-25,27,29-68,70-72,74-77H2,1-2H3,(H,82,85)/b16-14-,28-26-,73-69+. The highest BCUT2D eigenvalue weighted by atomic mass is 16.5. The zero-order valence-corrected chi connectivity index (χ0v) is 59.0. The summed E-state index contributed by atoms with van der Waals surface area (Å²) in [5.41, 5.74) is 0. The van der Waals surface area contributed by atoms with Gasteiger partial charge in [0.05, 0.1) is 25.4 Å². The number of hydrogen-bond donors (Lipinski definition) is 3. The summed E-state index contributed by atoms with van der Waals surface area (Å²) in [4.78, 5) is 24.6. The molecule has 87 heavy (non-hydrogen) atoms. The van der Waals surface area contributed by atoms with Crippen molar-refractivity contribution in [2.24, 2.45) is 0 Å². The number of hydrogen-bond acceptors (Lipinski definition) is 5. The van der Waals surface area contributed by atoms with Gasteiger partial charge in [0.2, 0.25) is 5.91 Å². The van der Waals surface area contributed by atoms with Crippen LogP contribution in [-0.2, 0) is 14.3 Å². The van der Waals surface area contributed by atoms with Crippen LogP contribution in [0.4, 0.5) is 0 Å². The molecule has 0 heterocycles. The lowest BCUT2D eigenvalue weighted by atomic mass is 10.0. The zero-order chi connectivity index (χ0) is 62.8. The number of allylic oxidation sites excluding steroid dienone is 5. The second kappa shape index (κ2) is 76.5. The smallest absolute Gasteiger partial charge is 0.305 e. The summed E-state index contributed by atoms with van der Waals surface area (Å²) in [6, 6.07) is -0.628. The van der Waals surface area contributed by atoms with Crippen LogP contribution < -0.4 is 5.32 Å². The molecule has 1 amide bonds. The Morgan fingerprint density at radius 3 is 0.828 bits per heavy atom. The molecule has 0 aliphatic rings. The van der Waals surface area contributed by atoms with Crippen molar-refractivity contribution in [2.75, 3.05) is 13.2 Å². The molecular formula is C81H155NO5. The molecule has 6 nitrogen and oxygen atoms in total. The van der Waals surface area contributed by atoms with Gasteiger partial charge >= 0.3 is 5.97 Å². The van der Waals surface area contributed by atoms with Gasteiger partial charge in [0.25, 0.3) is 0 Å². The topological polar surface area (TPSA) is 95.9 Å². The largest absolute Gasteiger partial charge is 0.466 e. The van der Waals surface area contributed by atoms with Gasteiger partial charge in [-0.05, 0) is 83.5 Å². The highest BCUT2D eigenvalue weighted by Gasteiger charge is 2.18. The van der Waals surface area contributed by atoms with E-state index in [0.29, 0.717) is 19.4 Å². The SMILES string of the molecule is CCCCCC/C=C\CCCCCCCC(=O)OCCCCCCCCCCCCCC/C=C\CCCCCCCCCCCCCCCCCCC(=O)NC(CO)C(O)/C=C/CCCCCCCCCCCCCCCCCCCCCCCCC. The molecule has 3 N–H and O–H groups in total. The number of ether oxygens (including phenoxy) is 1. The number of nitrogens with one attached hydrogen (secondary N) is 1. The van der Waals surface area contributed by atoms with Crippen molar-refractivity contribution >= 4 is 11.9 Å². The number of carbonyl (C=O) groups is 2. The lowest BCUT2D eigenvalue weighted by Gasteiger charge is -2.20. The van der Waals surface area contributed by atoms with Crippen LogP contribution in [0.5, 0.6) is 0 Å². The third-order valence-corrected chi connectivity index (χ3v) is 18.6. The maximum atomic E-state index is 12.6. The van der Waals surface area contributed by atoms with Crippen LogP contribution >= 0.6 is 0 Å². The molecule has 0 fully saturated rings. The summed E-state index contributed by atoms with van der Waals surface area (Å²) in [5.74, 6) is -0.0510. The van der Waals surface area contributed by atoms with Crippen LogP contribution in [0.25, 0.3) is 0 Å². The van der Waals surface area contributed by atoms with Crippen LogP contribution in [-0.4, -0.2) is 47.4 Å². The van der Waals surface area contributed by atoms with E-state index in [2.05, 4.69) is 43.5 Å². The van der Waals surface area contributed by atoms with Crippen LogP contribution in [0.3, 0.4) is 0 Å². The molecule has 0 aliphatic carbocycles. The van der Waals surface area contributed by atoms with Crippen molar-refractivity contribution in [3.05, 3.63) is 36.5 Å². The van der Waals surface area contributed by atoms with Crippen LogP contribution in [0, 0.1) is 0 Å². The summed E-state index contributed by atoms with van der Waals surface area (Å²) < 4.78 is 5.48. The Labute approximate surface area is 544 Å². The van der Waals surface area contributed by atoms with E-state index < -0.39 is 12.1 Å². The molecule has 0 saturated carbocycles. The minimum absolute atomic E-state index is 0.00931. The molecule has 0 aromatic rings. The molecule has 0 aliphatic heterocycles. The van der Waals surface area contributed by atoms with Crippen molar-refractivity contribution in [2.45, 2.75) is 456 Å². The highest BCUT2D eigenvalue weighted by Crippen LogP contribution is 2.20. The van der Waals surface area contributed by atoms with Gasteiger partial charge in [0.15, 0.2) is 0 Å². The number of unbranched alkanes of at least 4 members (excludes halogenated alkanes) is 60. The Balaban J connectivity index is 3.39. The molecule has 0 bridgehead atoms. The average molecular weight is 1220 g/mol. The maximum absolute atomic E-state index is 12.6. The molecule has 0 aromatic carbocycles. The molecular weight excluding hydrogens is 1070 g/mol. The fraction of sp³-hybridized carbons (Fsp3) is 0.901. The van der Waals surface area contributed by atoms with E-state index in [1.54, 1.807) is 6.08 Å². The predicted molar refractivity (Wildman–Crippen MR) is 384 cm³/mol. The van der Waals surface area contributed by atoms with E-state index >= 15 is 0 Å². The number of rotatable bonds is 75. The van der Waals surface area contributed by atoms with Gasteiger partial charge in [0, 0.05) is 12.8 Å². The summed E-state index contributed by atoms with van der Waals surface area (Å²) in [6.07, 6.45) is 99.8. The first kappa shape index (κ1) is 85.1. The molecule has 2 atom stereocenters. The van der Waals surface area contributed by atoms with E-state index in [1.807, 2.05) is 6.08 Å². The van der Waals surface area contributed by atoms with Crippen molar-refractivity contribution in [1.29, 1.82) is 0 Å². The lowest BCUT2D eigenvalue weighted by molar-refractivity contribution is -0.143. The van der Waals surface area contributed by atoms with Gasteiger partial charge in [-0.2, -0.15) is 0 Å². The summed E-state index contributed by atoms with van der Waals surface area (Å²) >= 11 is 0. The number of esters is 1. The first-order valence-electron chi connectivity index (χ1n) is 39.8. The Kier molecular flexibility index (Phi) is 74.8. The van der Waals surface area contributed by atoms with Gasteiger partial charge in [-0.1, -0.05) is 384 Å². The van der Waals surface area contributed by atoms with Crippen molar-refractivity contribution in [1.82, 2.24) is 5.32 Å². The third-order valence-electron chi connectivity index (χ3n) is 18.6. The molecule has 0 aromatic heterocycles. The molecule has 6 heteroatoms. The average Bonchev–Trinajstić information content (AvgIpc) is 3.54. The first-order chi connectivity index (χ1) is 43.0. The summed E-state index contributed by atoms with van der Waals surface area (Å²) in [6.45, 7) is 4.93. The third kappa shape index (κ3) is 73.0. The molecule has 514 valence electrons. The van der Waals surface area contributed by atoms with Gasteiger partial charge in [-0.15, -0.1) is 0 Å². The van der Waals surface area contributed by atoms with Crippen molar-refractivity contribution in [3.8, 4) is 0 Å². The van der Waals surface area contributed by atoms with E-state index in [4.69, 9.17) is 4.74 Å². The predicted octanol–water partition coefficient (Wildman–Crippen LogP) is 26.2. The molecule has 0 rings (SSSR count). The van der Waals surface area contributed by atoms with Gasteiger partial charge < -0.3 is 20.3 Å². The maximum Gasteiger partial charge on any atom is 0.305 e. The number of amides is 1. The monoisotopic (exact) mass is 1220 g/mol. The summed E-state index contributed by atoms with van der Waals surface area (Å²) in [7, 11) is 0. The fourth-order valence-electron chi connectivity index (χ4n) is 12.6. The van der Waals surface area contributed by atoms with E-state index in [1.165, 1.54) is 372 Å². The number of aliphatic hydroxyl groups is 2. The van der Waals surface area contributed by atoms with Crippen LogP contribution in [0.1, 0.15) is 444 Å². The van der Waals surface area contributed by atoms with Crippen LogP contribution in [0.15, 0.2) is 36.5 Å². The quantitative estimate of drug-likeness (QED) is 0.0320. The first-order valence-corrected chi connectivity index (χ1v) is 39.8. The molecule has 0 saturated heterocycles. The lowest BCUT2D eigenvalue weighted by Crippen LogP contribution is -2.45. The Bertz CT molecular complexity index is 1410. The highest BCUT2D eigenvalue weighted by molar-refractivity contribution is 5.76. The minimum atomic E-state index is -0.845. The van der Waals surface area contributed by atoms with E-state index in [-0.39, 0.29) is 18.5 Å². The zero-order valence-electron chi connectivity index (χ0n) is 59.0. The summed E-state index contributed by atoms with van der Waals surface area (Å²) in [5, 5.41) is 23.3. The van der Waals surface area contributed by atoms with Crippen molar-refractivity contribution in [3.63, 3.8) is 0 Å². The number of aliphatic hydroxyl groups excluding tert-OH is 2. The Morgan fingerprint density at radius 2 is 0.540 bits per heavy atom. The van der Waals surface area contributed by atoms with Crippen LogP contribution in [0.2, 0.25) is 0 Å². The Hall–Kier alpha value is -1.92. The van der Waals surface area contributed by atoms with Gasteiger partial charge in [-0.25, -0.2) is 0 Å². The number of carbonyl (C=O) groups excluding carboxylic acids is 2. The molecule has 0 radical (unpaired) electrons. The molecule has 2 unspecified atom stereocenters. The van der Waals surface area contributed by atoms with E-state index in [0.717, 1.165) is 44.9 Å². The minimum Gasteiger partial charge on any atom is -0.466 e. The molecule has 0 spiro atoms. The second-order valence-corrected chi connectivity index (χ2v) is 27.4. The second-order valence-electron chi connectivity index (χ2n) is 27.4. The Morgan fingerprint density at radius 1 is 0.310 bits per heavy atom. The normalized spacial score (nSPS) is 12.6. The van der Waals surface area contributed by atoms with Crippen molar-refractivity contribution < 1.29 is 24.5 Å². The van der Waals surface area contributed by atoms with Gasteiger partial charge in [0.1, 0.15) is 0 Å². The fourth-order valence-corrected chi connectivity index (χ4v) is 12.6. The van der Waals surface area contributed by atoms with E-state index in [9.17, 15) is 19.8 Å². The van der Waals surface area contributed by atoms with Gasteiger partial charge in [-0.3, -0.25) is 9.59 Å².